The molecule has 206 valence electrons. The van der Waals surface area contributed by atoms with E-state index >= 15 is 0 Å². The summed E-state index contributed by atoms with van der Waals surface area (Å²) in [4.78, 5) is 32.4. The number of rotatable bonds is 9. The standard InChI is InChI=1S/C28H36Cl2N4O4/c1-20(38-28(36)31(2)3)34-25-19-22(11-9-21(25)10-12-26(34)35)37-18-5-4-13-32-14-16-33(17-15-32)24-8-6-7-23(29)27(24)30/h6-9,11,19-20H,4-5,10,12-18H2,1-3H3. The lowest BCUT2D eigenvalue weighted by molar-refractivity contribution is -0.120. The molecule has 8 nitrogen and oxygen atoms in total. The topological polar surface area (TPSA) is 65.6 Å². The van der Waals surface area contributed by atoms with Gasteiger partial charge in [-0.1, -0.05) is 35.3 Å². The van der Waals surface area contributed by atoms with Gasteiger partial charge in [-0.25, -0.2) is 4.79 Å². The lowest BCUT2D eigenvalue weighted by Crippen LogP contribution is -2.46. The van der Waals surface area contributed by atoms with E-state index in [1.807, 2.05) is 36.4 Å². The molecule has 1 fully saturated rings. The van der Waals surface area contributed by atoms with Crippen LogP contribution in [0.15, 0.2) is 36.4 Å². The first kappa shape index (κ1) is 28.3. The number of piperazine rings is 1. The highest BCUT2D eigenvalue weighted by atomic mass is 35.5. The Bertz CT molecular complexity index is 1140. The summed E-state index contributed by atoms with van der Waals surface area (Å²) in [7, 11) is 3.23. The van der Waals surface area contributed by atoms with Gasteiger partial charge in [0.15, 0.2) is 6.23 Å². The van der Waals surface area contributed by atoms with Gasteiger partial charge >= 0.3 is 6.09 Å². The molecular weight excluding hydrogens is 527 g/mol. The maximum atomic E-state index is 12.7. The second-order valence-corrected chi connectivity index (χ2v) is 10.7. The first-order chi connectivity index (χ1) is 18.2. The maximum Gasteiger partial charge on any atom is 0.411 e. The van der Waals surface area contributed by atoms with Crippen molar-refractivity contribution in [3.63, 3.8) is 0 Å². The lowest BCUT2D eigenvalue weighted by Gasteiger charge is -2.36. The molecule has 10 heteroatoms. The average Bonchev–Trinajstić information content (AvgIpc) is 2.90. The highest BCUT2D eigenvalue weighted by Gasteiger charge is 2.31. The SMILES string of the molecule is CC(OC(=O)N(C)C)N1C(=O)CCc2ccc(OCCCCN3CCN(c4cccc(Cl)c4Cl)CC3)cc21. The smallest absolute Gasteiger partial charge is 0.411 e. The van der Waals surface area contributed by atoms with Gasteiger partial charge in [0.25, 0.3) is 0 Å². The number of carbonyl (C=O) groups excluding carboxylic acids is 2. The number of anilines is 2. The number of amides is 2. The number of carbonyl (C=O) groups is 2. The summed E-state index contributed by atoms with van der Waals surface area (Å²) < 4.78 is 11.5. The molecule has 0 radical (unpaired) electrons. The molecule has 0 N–H and O–H groups in total. The summed E-state index contributed by atoms with van der Waals surface area (Å²) in [6.45, 7) is 7.12. The van der Waals surface area contributed by atoms with Gasteiger partial charge in [0.1, 0.15) is 5.75 Å². The molecule has 1 saturated heterocycles. The Morgan fingerprint density at radius 1 is 1.03 bits per heavy atom. The minimum absolute atomic E-state index is 0.0635. The average molecular weight is 564 g/mol. The van der Waals surface area contributed by atoms with Crippen LogP contribution >= 0.6 is 23.2 Å². The van der Waals surface area contributed by atoms with E-state index in [0.717, 1.165) is 62.5 Å². The molecule has 1 unspecified atom stereocenters. The molecule has 0 saturated carbocycles. The van der Waals surface area contributed by atoms with Crippen molar-refractivity contribution in [3.8, 4) is 5.75 Å². The molecule has 38 heavy (non-hydrogen) atoms. The molecule has 2 aromatic rings. The van der Waals surface area contributed by atoms with Crippen molar-refractivity contribution in [2.45, 2.75) is 38.8 Å². The fraction of sp³-hybridized carbons (Fsp3) is 0.500. The lowest BCUT2D eigenvalue weighted by atomic mass is 10.0. The first-order valence-electron chi connectivity index (χ1n) is 13.1. The van der Waals surface area contributed by atoms with E-state index in [1.54, 1.807) is 25.9 Å². The van der Waals surface area contributed by atoms with Crippen molar-refractivity contribution in [2.75, 3.05) is 63.2 Å². The number of fused-ring (bicyclic) bond motifs is 1. The van der Waals surface area contributed by atoms with E-state index in [4.69, 9.17) is 32.7 Å². The third-order valence-electron chi connectivity index (χ3n) is 6.97. The second kappa shape index (κ2) is 12.9. The fourth-order valence-electron chi connectivity index (χ4n) is 4.84. The van der Waals surface area contributed by atoms with Gasteiger partial charge in [-0.05, 0) is 56.5 Å². The van der Waals surface area contributed by atoms with Crippen molar-refractivity contribution in [1.82, 2.24) is 9.80 Å². The molecule has 1 atom stereocenters. The van der Waals surface area contributed by atoms with E-state index in [0.29, 0.717) is 35.2 Å². The Balaban J connectivity index is 1.23. The summed E-state index contributed by atoms with van der Waals surface area (Å²) in [5, 5.41) is 1.21. The molecule has 2 aliphatic heterocycles. The number of aryl methyl sites for hydroxylation is 1. The maximum absolute atomic E-state index is 12.7. The number of hydrogen-bond donors (Lipinski definition) is 0. The molecule has 2 heterocycles. The number of ether oxygens (including phenoxy) is 2. The largest absolute Gasteiger partial charge is 0.494 e. The Hall–Kier alpha value is -2.68. The Kier molecular flexibility index (Phi) is 9.63. The predicted molar refractivity (Wildman–Crippen MR) is 152 cm³/mol. The number of hydrogen-bond acceptors (Lipinski definition) is 6. The van der Waals surface area contributed by atoms with Crippen molar-refractivity contribution < 1.29 is 19.1 Å². The van der Waals surface area contributed by atoms with Crippen molar-refractivity contribution >= 4 is 46.6 Å². The Morgan fingerprint density at radius 3 is 2.53 bits per heavy atom. The first-order valence-corrected chi connectivity index (χ1v) is 13.9. The predicted octanol–water partition coefficient (Wildman–Crippen LogP) is 5.30. The summed E-state index contributed by atoms with van der Waals surface area (Å²) >= 11 is 12.6. The molecule has 0 aromatic heterocycles. The fourth-order valence-corrected chi connectivity index (χ4v) is 5.26. The molecule has 4 rings (SSSR count). The van der Waals surface area contributed by atoms with Crippen LogP contribution in [0.4, 0.5) is 16.2 Å². The van der Waals surface area contributed by atoms with Gasteiger partial charge in [0.05, 0.1) is 28.0 Å². The minimum Gasteiger partial charge on any atom is -0.494 e. The summed E-state index contributed by atoms with van der Waals surface area (Å²) in [5.41, 5.74) is 2.79. The van der Waals surface area contributed by atoms with Crippen molar-refractivity contribution in [2.24, 2.45) is 0 Å². The zero-order chi connectivity index (χ0) is 27.2. The summed E-state index contributed by atoms with van der Waals surface area (Å²) in [6.07, 6.45) is 1.82. The Morgan fingerprint density at radius 2 is 1.79 bits per heavy atom. The van der Waals surface area contributed by atoms with Crippen LogP contribution in [0.1, 0.15) is 31.7 Å². The monoisotopic (exact) mass is 562 g/mol. The zero-order valence-corrected chi connectivity index (χ0v) is 23.8. The van der Waals surface area contributed by atoms with Crippen LogP contribution in [0, 0.1) is 0 Å². The number of halogens is 2. The van der Waals surface area contributed by atoms with Crippen LogP contribution in [0.3, 0.4) is 0 Å². The number of nitrogens with zero attached hydrogens (tertiary/aromatic N) is 4. The van der Waals surface area contributed by atoms with Crippen LogP contribution in [-0.4, -0.2) is 81.5 Å². The van der Waals surface area contributed by atoms with Gasteiger partial charge in [0, 0.05) is 52.8 Å². The molecule has 0 bridgehead atoms. The van der Waals surface area contributed by atoms with E-state index < -0.39 is 12.3 Å². The van der Waals surface area contributed by atoms with Crippen molar-refractivity contribution in [3.05, 3.63) is 52.0 Å². The molecule has 2 aliphatic rings. The molecular formula is C28H36Cl2N4O4. The van der Waals surface area contributed by atoms with Crippen molar-refractivity contribution in [1.29, 1.82) is 0 Å². The van der Waals surface area contributed by atoms with E-state index in [-0.39, 0.29) is 5.91 Å². The third kappa shape index (κ3) is 6.84. The van der Waals surface area contributed by atoms with Gasteiger partial charge < -0.3 is 19.3 Å². The molecule has 0 spiro atoms. The van der Waals surface area contributed by atoms with Crippen LogP contribution in [-0.2, 0) is 16.0 Å². The normalized spacial score (nSPS) is 16.7. The summed E-state index contributed by atoms with van der Waals surface area (Å²) in [5.74, 6) is 0.646. The molecule has 2 amide bonds. The minimum atomic E-state index is -0.706. The van der Waals surface area contributed by atoms with Gasteiger partial charge in [-0.3, -0.25) is 14.6 Å². The number of unbranched alkanes of at least 4 members (excludes halogenated alkanes) is 1. The highest BCUT2D eigenvalue weighted by Crippen LogP contribution is 2.34. The molecule has 2 aromatic carbocycles. The van der Waals surface area contributed by atoms with Crippen LogP contribution in [0.2, 0.25) is 10.0 Å². The van der Waals surface area contributed by atoms with E-state index in [9.17, 15) is 9.59 Å². The van der Waals surface area contributed by atoms with Gasteiger partial charge in [0.2, 0.25) is 5.91 Å². The summed E-state index contributed by atoms with van der Waals surface area (Å²) in [6, 6.07) is 11.6. The second-order valence-electron chi connectivity index (χ2n) is 9.89. The van der Waals surface area contributed by atoms with Crippen LogP contribution in [0.25, 0.3) is 0 Å². The Labute approximate surface area is 235 Å². The third-order valence-corrected chi connectivity index (χ3v) is 7.78. The highest BCUT2D eigenvalue weighted by molar-refractivity contribution is 6.43. The number of benzene rings is 2. The van der Waals surface area contributed by atoms with Gasteiger partial charge in [-0.15, -0.1) is 0 Å². The van der Waals surface area contributed by atoms with Gasteiger partial charge in [-0.2, -0.15) is 0 Å². The van der Waals surface area contributed by atoms with Crippen LogP contribution in [0.5, 0.6) is 5.75 Å². The van der Waals surface area contributed by atoms with E-state index in [2.05, 4.69) is 9.80 Å². The van der Waals surface area contributed by atoms with E-state index in [1.165, 1.54) is 4.90 Å². The van der Waals surface area contributed by atoms with Crippen LogP contribution < -0.4 is 14.5 Å². The quantitative estimate of drug-likeness (QED) is 0.386. The molecule has 0 aliphatic carbocycles. The zero-order valence-electron chi connectivity index (χ0n) is 22.3.